The third kappa shape index (κ3) is 5.95. The van der Waals surface area contributed by atoms with Crippen LogP contribution in [0.3, 0.4) is 0 Å². The zero-order chi connectivity index (χ0) is 20.7. The summed E-state index contributed by atoms with van der Waals surface area (Å²) in [5.41, 5.74) is 4.64. The summed E-state index contributed by atoms with van der Waals surface area (Å²) in [7, 11) is 0. The zero-order valence-corrected chi connectivity index (χ0v) is 15.9. The Bertz CT molecular complexity index is 861. The molecular weight excluding hydrogens is 389 g/mol. The summed E-state index contributed by atoms with van der Waals surface area (Å²) in [6.45, 7) is 2.92. The Hall–Kier alpha value is -3.13. The van der Waals surface area contributed by atoms with Crippen molar-refractivity contribution in [2.24, 2.45) is 0 Å². The smallest absolute Gasteiger partial charge is 0.279 e. The third-order valence-corrected chi connectivity index (χ3v) is 3.99. The van der Waals surface area contributed by atoms with Crippen LogP contribution in [-0.4, -0.2) is 29.9 Å². The molecule has 0 fully saturated rings. The number of ether oxygens (including phenoxy) is 1. The summed E-state index contributed by atoms with van der Waals surface area (Å²) in [6, 6.07) is 10.6. The van der Waals surface area contributed by atoms with E-state index in [1.807, 2.05) is 0 Å². The fourth-order valence-corrected chi connectivity index (χ4v) is 2.31. The number of rotatable bonds is 6. The molecule has 0 aliphatic rings. The molecule has 2 rings (SSSR count). The fraction of sp³-hybridized carbons (Fsp3) is 0.211. The van der Waals surface area contributed by atoms with Crippen molar-refractivity contribution < 1.29 is 23.5 Å². The number of carbonyl (C=O) groups is 3. The lowest BCUT2D eigenvalue weighted by atomic mass is 10.2. The number of nitrogens with one attached hydrogen (secondary N) is 3. The van der Waals surface area contributed by atoms with Gasteiger partial charge in [-0.05, 0) is 50.2 Å². The van der Waals surface area contributed by atoms with E-state index in [1.165, 1.54) is 44.2 Å². The van der Waals surface area contributed by atoms with Crippen LogP contribution >= 0.6 is 11.6 Å². The van der Waals surface area contributed by atoms with Crippen LogP contribution in [0.4, 0.5) is 4.39 Å². The van der Waals surface area contributed by atoms with Crippen molar-refractivity contribution in [3.8, 4) is 5.75 Å². The van der Waals surface area contributed by atoms with Gasteiger partial charge in [0.05, 0.1) is 10.6 Å². The second kappa shape index (κ2) is 9.70. The fourth-order valence-electron chi connectivity index (χ4n) is 2.09. The van der Waals surface area contributed by atoms with E-state index in [4.69, 9.17) is 16.3 Å². The first kappa shape index (κ1) is 21.2. The summed E-state index contributed by atoms with van der Waals surface area (Å²) in [4.78, 5) is 36.2. The second-order valence-corrected chi connectivity index (χ2v) is 6.27. The Morgan fingerprint density at radius 2 is 1.57 bits per heavy atom. The molecule has 2 atom stereocenters. The summed E-state index contributed by atoms with van der Waals surface area (Å²) < 4.78 is 18.2. The minimum absolute atomic E-state index is 0.231. The van der Waals surface area contributed by atoms with Gasteiger partial charge in [0.2, 0.25) is 0 Å². The highest BCUT2D eigenvalue weighted by atomic mass is 35.5. The first-order chi connectivity index (χ1) is 13.3. The van der Waals surface area contributed by atoms with Gasteiger partial charge in [-0.3, -0.25) is 25.2 Å². The average molecular weight is 408 g/mol. The molecule has 3 amide bonds. The maximum atomic E-state index is 12.9. The van der Waals surface area contributed by atoms with Gasteiger partial charge >= 0.3 is 0 Å². The Labute approximate surface area is 166 Å². The molecule has 0 aliphatic carbocycles. The lowest BCUT2D eigenvalue weighted by Crippen LogP contribution is -2.53. The Morgan fingerprint density at radius 3 is 2.21 bits per heavy atom. The van der Waals surface area contributed by atoms with Crippen LogP contribution in [0.25, 0.3) is 0 Å². The quantitative estimate of drug-likeness (QED) is 0.640. The number of carbonyl (C=O) groups excluding carboxylic acids is 3. The Balaban J connectivity index is 1.81. The van der Waals surface area contributed by atoms with Crippen molar-refractivity contribution in [3.05, 3.63) is 64.9 Å². The molecule has 148 valence electrons. The second-order valence-electron chi connectivity index (χ2n) is 5.87. The van der Waals surface area contributed by atoms with Crippen molar-refractivity contribution in [1.29, 1.82) is 0 Å². The van der Waals surface area contributed by atoms with E-state index >= 15 is 0 Å². The largest absolute Gasteiger partial charge is 0.481 e. The van der Waals surface area contributed by atoms with Gasteiger partial charge in [-0.1, -0.05) is 23.7 Å². The maximum absolute atomic E-state index is 12.9. The van der Waals surface area contributed by atoms with E-state index in [9.17, 15) is 18.8 Å². The van der Waals surface area contributed by atoms with Gasteiger partial charge < -0.3 is 10.1 Å². The lowest BCUT2D eigenvalue weighted by Gasteiger charge is -2.17. The molecule has 2 aromatic carbocycles. The van der Waals surface area contributed by atoms with Gasteiger partial charge in [0, 0.05) is 0 Å². The van der Waals surface area contributed by atoms with Crippen LogP contribution in [0.2, 0.25) is 5.02 Å². The van der Waals surface area contributed by atoms with Crippen molar-refractivity contribution in [1.82, 2.24) is 16.2 Å². The van der Waals surface area contributed by atoms with E-state index in [0.717, 1.165) is 0 Å². The third-order valence-electron chi connectivity index (χ3n) is 3.66. The summed E-state index contributed by atoms with van der Waals surface area (Å²) in [5, 5.41) is 2.74. The zero-order valence-electron chi connectivity index (χ0n) is 15.2. The minimum atomic E-state index is -0.946. The SMILES string of the molecule is C[C@H](NC(=O)c1ccccc1Cl)C(=O)NNC(=O)[C@H](C)Oc1ccc(F)cc1. The molecule has 0 unspecified atom stereocenters. The predicted octanol–water partition coefficient (Wildman–Crippen LogP) is 2.21. The molecule has 0 bridgehead atoms. The van der Waals surface area contributed by atoms with Gasteiger partial charge in [-0.25, -0.2) is 4.39 Å². The lowest BCUT2D eigenvalue weighted by molar-refractivity contribution is -0.133. The van der Waals surface area contributed by atoms with E-state index < -0.39 is 35.7 Å². The van der Waals surface area contributed by atoms with Gasteiger partial charge in [-0.15, -0.1) is 0 Å². The predicted molar refractivity (Wildman–Crippen MR) is 101 cm³/mol. The first-order valence-electron chi connectivity index (χ1n) is 8.35. The van der Waals surface area contributed by atoms with Gasteiger partial charge in [0.25, 0.3) is 17.7 Å². The molecule has 9 heteroatoms. The number of hydrazine groups is 1. The molecule has 0 radical (unpaired) electrons. The molecule has 0 heterocycles. The highest BCUT2D eigenvalue weighted by molar-refractivity contribution is 6.33. The molecule has 28 heavy (non-hydrogen) atoms. The topological polar surface area (TPSA) is 96.5 Å². The molecule has 0 spiro atoms. The van der Waals surface area contributed by atoms with Crippen molar-refractivity contribution >= 4 is 29.3 Å². The van der Waals surface area contributed by atoms with E-state index in [0.29, 0.717) is 5.75 Å². The number of halogens is 2. The molecule has 0 aromatic heterocycles. The van der Waals surface area contributed by atoms with Crippen LogP contribution < -0.4 is 20.9 Å². The molecule has 2 aromatic rings. The Kier molecular flexibility index (Phi) is 7.34. The van der Waals surface area contributed by atoms with Crippen LogP contribution in [0.15, 0.2) is 48.5 Å². The van der Waals surface area contributed by atoms with E-state index in [-0.39, 0.29) is 10.6 Å². The monoisotopic (exact) mass is 407 g/mol. The molecule has 3 N–H and O–H groups in total. The highest BCUT2D eigenvalue weighted by Gasteiger charge is 2.20. The van der Waals surface area contributed by atoms with Gasteiger partial charge in [0.15, 0.2) is 6.10 Å². The van der Waals surface area contributed by atoms with Crippen molar-refractivity contribution in [3.63, 3.8) is 0 Å². The number of hydrogen-bond acceptors (Lipinski definition) is 4. The van der Waals surface area contributed by atoms with E-state index in [2.05, 4.69) is 16.2 Å². The van der Waals surface area contributed by atoms with Crippen molar-refractivity contribution in [2.75, 3.05) is 0 Å². The Morgan fingerprint density at radius 1 is 0.964 bits per heavy atom. The molecule has 7 nitrogen and oxygen atoms in total. The summed E-state index contributed by atoms with van der Waals surface area (Å²) in [6.07, 6.45) is -0.946. The summed E-state index contributed by atoms with van der Waals surface area (Å²) in [5.74, 6) is -1.90. The first-order valence-corrected chi connectivity index (χ1v) is 8.73. The van der Waals surface area contributed by atoms with Crippen molar-refractivity contribution in [2.45, 2.75) is 26.0 Å². The highest BCUT2D eigenvalue weighted by Crippen LogP contribution is 2.15. The summed E-state index contributed by atoms with van der Waals surface area (Å²) >= 11 is 5.94. The number of amides is 3. The molecule has 0 aliphatic heterocycles. The number of benzene rings is 2. The standard InChI is InChI=1S/C19H19ClFN3O4/c1-11(22-19(27)15-5-3-4-6-16(15)20)17(25)23-24-18(26)12(2)28-14-9-7-13(21)8-10-14/h3-12H,1-2H3,(H,22,27)(H,23,25)(H,24,26)/t11-,12-/m0/s1. The van der Waals surface area contributed by atoms with Gasteiger partial charge in [-0.2, -0.15) is 0 Å². The van der Waals surface area contributed by atoms with Crippen LogP contribution in [0.5, 0.6) is 5.75 Å². The van der Waals surface area contributed by atoms with Crippen LogP contribution in [0, 0.1) is 5.82 Å². The molecular formula is C19H19ClFN3O4. The average Bonchev–Trinajstić information content (AvgIpc) is 2.67. The van der Waals surface area contributed by atoms with Gasteiger partial charge in [0.1, 0.15) is 17.6 Å². The minimum Gasteiger partial charge on any atom is -0.481 e. The normalized spacial score (nSPS) is 12.4. The molecule has 0 saturated heterocycles. The van der Waals surface area contributed by atoms with Crippen LogP contribution in [0.1, 0.15) is 24.2 Å². The maximum Gasteiger partial charge on any atom is 0.279 e. The number of hydrogen-bond donors (Lipinski definition) is 3. The molecule has 0 saturated carbocycles. The van der Waals surface area contributed by atoms with E-state index in [1.54, 1.807) is 18.2 Å². The van der Waals surface area contributed by atoms with Crippen LogP contribution in [-0.2, 0) is 9.59 Å².